The van der Waals surface area contributed by atoms with Crippen LogP contribution in [0.3, 0.4) is 0 Å². The largest absolute Gasteiger partial charge is 0.383 e. The Morgan fingerprint density at radius 1 is 1.47 bits per heavy atom. The van der Waals surface area contributed by atoms with Crippen molar-refractivity contribution in [3.05, 3.63) is 16.7 Å². The second-order valence-corrected chi connectivity index (χ2v) is 6.11. The van der Waals surface area contributed by atoms with Crippen LogP contribution in [0.4, 0.5) is 10.9 Å². The lowest BCUT2D eigenvalue weighted by Crippen LogP contribution is -2.15. The first-order valence-electron chi connectivity index (χ1n) is 4.08. The van der Waals surface area contributed by atoms with Gasteiger partial charge >= 0.3 is 0 Å². The lowest BCUT2D eigenvalue weighted by Gasteiger charge is -2.06. The number of sulfonamides is 1. The molecule has 0 aromatic carbocycles. The molecule has 0 aliphatic heterocycles. The minimum atomic E-state index is -3.84. The summed E-state index contributed by atoms with van der Waals surface area (Å²) in [6, 6.07) is 1.35. The maximum Gasteiger partial charge on any atom is 0.267 e. The monoisotopic (exact) mass is 336 g/mol. The molecule has 11 heteroatoms. The fourth-order valence-corrected chi connectivity index (χ4v) is 3.16. The maximum atomic E-state index is 11.9. The van der Waals surface area contributed by atoms with E-state index < -0.39 is 10.0 Å². The highest BCUT2D eigenvalue weighted by Gasteiger charge is 2.20. The summed E-state index contributed by atoms with van der Waals surface area (Å²) in [5.74, 6) is -0.0989. The van der Waals surface area contributed by atoms with Crippen molar-refractivity contribution in [3.63, 3.8) is 0 Å². The van der Waals surface area contributed by atoms with Gasteiger partial charge in [-0.25, -0.2) is 13.4 Å². The maximum absolute atomic E-state index is 11.9. The molecule has 2 heterocycles. The second kappa shape index (κ2) is 4.50. The van der Waals surface area contributed by atoms with Crippen LogP contribution >= 0.6 is 27.5 Å². The molecule has 90 valence electrons. The van der Waals surface area contributed by atoms with Gasteiger partial charge in [0.05, 0.1) is 0 Å². The average molecular weight is 337 g/mol. The third-order valence-electron chi connectivity index (χ3n) is 1.66. The summed E-state index contributed by atoms with van der Waals surface area (Å²) in [5.41, 5.74) is 5.51. The lowest BCUT2D eigenvalue weighted by molar-refractivity contribution is 0.601. The van der Waals surface area contributed by atoms with E-state index in [4.69, 9.17) is 5.73 Å². The highest BCUT2D eigenvalue weighted by atomic mass is 79.9. The number of rotatable bonds is 3. The Bertz CT molecular complexity index is 628. The van der Waals surface area contributed by atoms with Crippen LogP contribution in [-0.2, 0) is 10.0 Å². The van der Waals surface area contributed by atoms with Crippen LogP contribution in [0.1, 0.15) is 0 Å². The predicted molar refractivity (Wildman–Crippen MR) is 64.9 cm³/mol. The third kappa shape index (κ3) is 2.68. The Morgan fingerprint density at radius 2 is 2.24 bits per heavy atom. The van der Waals surface area contributed by atoms with E-state index in [0.717, 1.165) is 11.5 Å². The van der Waals surface area contributed by atoms with Crippen LogP contribution in [0.5, 0.6) is 0 Å². The zero-order valence-electron chi connectivity index (χ0n) is 8.03. The van der Waals surface area contributed by atoms with Gasteiger partial charge in [-0.15, -0.1) is 0 Å². The number of pyridine rings is 1. The summed E-state index contributed by atoms with van der Waals surface area (Å²) in [6.07, 6.45) is 1.40. The number of hydrogen-bond acceptors (Lipinski definition) is 8. The molecule has 8 nitrogen and oxygen atoms in total. The summed E-state index contributed by atoms with van der Waals surface area (Å²) in [4.78, 5) is 3.60. The molecule has 0 saturated carbocycles. The molecule has 3 N–H and O–H groups in total. The van der Waals surface area contributed by atoms with Crippen LogP contribution in [-0.4, -0.2) is 28.2 Å². The van der Waals surface area contributed by atoms with E-state index in [1.165, 1.54) is 12.3 Å². The van der Waals surface area contributed by atoms with Gasteiger partial charge in [-0.3, -0.25) is 4.72 Å². The van der Waals surface area contributed by atoms with E-state index in [0.29, 0.717) is 4.47 Å². The Kier molecular flexibility index (Phi) is 3.22. The predicted octanol–water partition coefficient (Wildman–Crippen LogP) is 0.474. The molecule has 2 aromatic rings. The molecule has 0 aliphatic rings. The van der Waals surface area contributed by atoms with Gasteiger partial charge in [0.15, 0.2) is 0 Å². The standard InChI is InChI=1S/C6H5BrN6O2S2/c7-3-1-4(5(8)9-2-3)17(14,15)11-6-10-12-13-16-6/h1-2H,(H2,8,9)(H,10,11,13). The molecular weight excluding hydrogens is 332 g/mol. The van der Waals surface area contributed by atoms with E-state index >= 15 is 0 Å². The molecule has 2 rings (SSSR count). The molecular formula is C6H5BrN6O2S2. The van der Waals surface area contributed by atoms with Gasteiger partial charge in [-0.2, -0.15) is 0 Å². The van der Waals surface area contributed by atoms with Crippen LogP contribution in [0.2, 0.25) is 0 Å². The summed E-state index contributed by atoms with van der Waals surface area (Å²) in [6.45, 7) is 0. The second-order valence-electron chi connectivity index (χ2n) is 2.81. The van der Waals surface area contributed by atoms with Crippen molar-refractivity contribution in [2.45, 2.75) is 4.90 Å². The molecule has 0 bridgehead atoms. The molecule has 0 aliphatic carbocycles. The van der Waals surface area contributed by atoms with E-state index in [1.807, 2.05) is 0 Å². The first kappa shape index (κ1) is 12.1. The summed E-state index contributed by atoms with van der Waals surface area (Å²) in [7, 11) is -3.84. The molecule has 0 unspecified atom stereocenters. The Labute approximate surface area is 109 Å². The van der Waals surface area contributed by atoms with Crippen molar-refractivity contribution in [1.29, 1.82) is 0 Å². The van der Waals surface area contributed by atoms with Crippen molar-refractivity contribution < 1.29 is 8.42 Å². The number of nitrogens with zero attached hydrogens (tertiary/aromatic N) is 4. The number of hydrogen-bond donors (Lipinski definition) is 2. The molecule has 0 fully saturated rings. The first-order chi connectivity index (χ1) is 7.99. The van der Waals surface area contributed by atoms with Crippen LogP contribution in [0.15, 0.2) is 21.6 Å². The van der Waals surface area contributed by atoms with Crippen LogP contribution in [0, 0.1) is 0 Å². The van der Waals surface area contributed by atoms with Crippen molar-refractivity contribution in [2.75, 3.05) is 10.5 Å². The quantitative estimate of drug-likeness (QED) is 0.834. The van der Waals surface area contributed by atoms with Gasteiger partial charge in [-0.1, -0.05) is 9.59 Å². The molecule has 17 heavy (non-hydrogen) atoms. The number of nitrogens with one attached hydrogen (secondary N) is 1. The topological polar surface area (TPSA) is 124 Å². The average Bonchev–Trinajstić information content (AvgIpc) is 2.73. The lowest BCUT2D eigenvalue weighted by atomic mass is 10.5. The summed E-state index contributed by atoms with van der Waals surface area (Å²) in [5, 5.41) is 6.81. The molecule has 0 amide bonds. The number of nitrogens with two attached hydrogens (primary N) is 1. The van der Waals surface area contributed by atoms with Crippen LogP contribution in [0.25, 0.3) is 0 Å². The van der Waals surface area contributed by atoms with Gasteiger partial charge in [0.25, 0.3) is 10.0 Å². The first-order valence-corrected chi connectivity index (χ1v) is 7.13. The summed E-state index contributed by atoms with van der Waals surface area (Å²) >= 11 is 3.94. The van der Waals surface area contributed by atoms with Crippen LogP contribution < -0.4 is 10.5 Å². The van der Waals surface area contributed by atoms with Gasteiger partial charge in [-0.05, 0) is 27.2 Å². The minimum absolute atomic E-state index is 0.0596. The highest BCUT2D eigenvalue weighted by molar-refractivity contribution is 9.10. The van der Waals surface area contributed by atoms with Gasteiger partial charge in [0.2, 0.25) is 5.13 Å². The summed E-state index contributed by atoms with van der Waals surface area (Å²) < 4.78 is 30.0. The van der Waals surface area contributed by atoms with Crippen molar-refractivity contribution >= 4 is 48.4 Å². The van der Waals surface area contributed by atoms with Gasteiger partial charge < -0.3 is 5.73 Å². The Morgan fingerprint density at radius 3 is 2.88 bits per heavy atom. The third-order valence-corrected chi connectivity index (χ3v) is 4.10. The Hall–Kier alpha value is -1.33. The van der Waals surface area contributed by atoms with Crippen molar-refractivity contribution in [2.24, 2.45) is 0 Å². The van der Waals surface area contributed by atoms with E-state index in [1.54, 1.807) is 0 Å². The fraction of sp³-hybridized carbons (Fsp3) is 0. The van der Waals surface area contributed by atoms with E-state index in [9.17, 15) is 8.42 Å². The number of anilines is 2. The smallest absolute Gasteiger partial charge is 0.267 e. The molecule has 0 atom stereocenters. The molecule has 2 aromatic heterocycles. The van der Waals surface area contributed by atoms with Crippen molar-refractivity contribution in [1.82, 2.24) is 19.8 Å². The molecule has 0 saturated heterocycles. The fourth-order valence-electron chi connectivity index (χ4n) is 0.990. The number of aromatic nitrogens is 4. The molecule has 0 radical (unpaired) electrons. The van der Waals surface area contributed by atoms with E-state index in [-0.39, 0.29) is 15.8 Å². The van der Waals surface area contributed by atoms with E-state index in [2.05, 4.69) is 40.4 Å². The SMILES string of the molecule is Nc1ncc(Br)cc1S(=O)(=O)Nc1nnns1. The zero-order valence-corrected chi connectivity index (χ0v) is 11.3. The zero-order chi connectivity index (χ0) is 12.5. The number of nitrogen functional groups attached to an aromatic ring is 1. The Balaban J connectivity index is 2.41. The normalized spacial score (nSPS) is 11.4. The number of halogens is 1. The van der Waals surface area contributed by atoms with Crippen molar-refractivity contribution in [3.8, 4) is 0 Å². The van der Waals surface area contributed by atoms with Gasteiger partial charge in [0, 0.05) is 22.2 Å². The molecule has 0 spiro atoms. The highest BCUT2D eigenvalue weighted by Crippen LogP contribution is 2.22. The minimum Gasteiger partial charge on any atom is -0.383 e. The van der Waals surface area contributed by atoms with Gasteiger partial charge in [0.1, 0.15) is 10.7 Å².